The minimum absolute atomic E-state index is 0.149. The van der Waals surface area contributed by atoms with Crippen molar-refractivity contribution in [3.8, 4) is 17.2 Å². The Morgan fingerprint density at radius 3 is 2.61 bits per heavy atom. The number of para-hydroxylation sites is 1. The molecule has 258 valence electrons. The van der Waals surface area contributed by atoms with E-state index in [1.54, 1.807) is 50.1 Å². The van der Waals surface area contributed by atoms with Crippen LogP contribution in [0, 0.1) is 18.2 Å². The number of halogens is 1. The molecule has 5 heterocycles. The van der Waals surface area contributed by atoms with E-state index in [1.165, 1.54) is 10.7 Å². The van der Waals surface area contributed by atoms with Gasteiger partial charge in [0, 0.05) is 63.1 Å². The second-order valence-corrected chi connectivity index (χ2v) is 12.7. The van der Waals surface area contributed by atoms with Crippen LogP contribution < -0.4 is 15.6 Å². The van der Waals surface area contributed by atoms with Crippen molar-refractivity contribution in [2.75, 3.05) is 45.8 Å². The van der Waals surface area contributed by atoms with Crippen molar-refractivity contribution in [3.05, 3.63) is 94.0 Å². The summed E-state index contributed by atoms with van der Waals surface area (Å²) in [6.45, 7) is 5.55. The second kappa shape index (κ2) is 14.7. The number of benzene rings is 2. The Bertz CT molecular complexity index is 1960. The molecule has 2 aliphatic rings. The molecule has 2 aromatic carbocycles. The Labute approximate surface area is 283 Å². The molecule has 0 radical (unpaired) electrons. The Hall–Kier alpha value is -4.85. The van der Waals surface area contributed by atoms with Gasteiger partial charge in [-0.25, -0.2) is 19.0 Å². The zero-order valence-corrected chi connectivity index (χ0v) is 28.2. The van der Waals surface area contributed by atoms with Gasteiger partial charge < -0.3 is 24.5 Å². The highest BCUT2D eigenvalue weighted by Crippen LogP contribution is 2.39. The smallest absolute Gasteiger partial charge is 0.282 e. The van der Waals surface area contributed by atoms with E-state index >= 15 is 0 Å². The van der Waals surface area contributed by atoms with Gasteiger partial charge in [0.15, 0.2) is 29.2 Å². The highest BCUT2D eigenvalue weighted by Gasteiger charge is 2.40. The number of hydrogen-bond donors (Lipinski definition) is 2. The van der Waals surface area contributed by atoms with Gasteiger partial charge >= 0.3 is 0 Å². The lowest BCUT2D eigenvalue weighted by Gasteiger charge is -2.45. The molecule has 1 unspecified atom stereocenters. The van der Waals surface area contributed by atoms with E-state index in [9.17, 15) is 14.0 Å². The molecular weight excluding hydrogens is 629 g/mol. The third-order valence-corrected chi connectivity index (χ3v) is 9.52. The van der Waals surface area contributed by atoms with Crippen molar-refractivity contribution in [1.82, 2.24) is 29.2 Å². The molecule has 1 atom stereocenters. The number of imidazole rings is 1. The summed E-state index contributed by atoms with van der Waals surface area (Å²) in [5.41, 5.74) is 3.46. The van der Waals surface area contributed by atoms with Crippen LogP contribution in [0.1, 0.15) is 41.1 Å². The molecule has 2 fully saturated rings. The van der Waals surface area contributed by atoms with Crippen LogP contribution in [0.25, 0.3) is 16.9 Å². The summed E-state index contributed by atoms with van der Waals surface area (Å²) in [6.07, 6.45) is 5.44. The number of carbonyl (C=O) groups excluding carboxylic acids is 1. The molecule has 0 bridgehead atoms. The average molecular weight is 672 g/mol. The van der Waals surface area contributed by atoms with Crippen LogP contribution in [-0.2, 0) is 23.1 Å². The van der Waals surface area contributed by atoms with Crippen LogP contribution in [0.2, 0.25) is 0 Å². The molecule has 13 heteroatoms. The lowest BCUT2D eigenvalue weighted by atomic mass is 9.74. The largest absolute Gasteiger partial charge is 0.452 e. The van der Waals surface area contributed by atoms with Gasteiger partial charge in [-0.2, -0.15) is 0 Å². The first-order valence-corrected chi connectivity index (χ1v) is 16.4. The quantitative estimate of drug-likeness (QED) is 0.213. The predicted octanol–water partition coefficient (Wildman–Crippen LogP) is 5.25. The van der Waals surface area contributed by atoms with E-state index in [1.807, 2.05) is 30.3 Å². The number of nitrogens with one attached hydrogen (secondary N) is 2. The first kappa shape index (κ1) is 34.0. The van der Waals surface area contributed by atoms with Gasteiger partial charge in [0.05, 0.1) is 25.4 Å². The lowest BCUT2D eigenvalue weighted by Crippen LogP contribution is -2.48. The van der Waals surface area contributed by atoms with Crippen LogP contribution in [0.4, 0.5) is 10.1 Å². The van der Waals surface area contributed by atoms with Gasteiger partial charge in [0.1, 0.15) is 16.9 Å². The number of anilines is 1. The number of hydrogen-bond acceptors (Lipinski definition) is 9. The third kappa shape index (κ3) is 7.28. The number of H-pyrrole nitrogens is 1. The van der Waals surface area contributed by atoms with Crippen molar-refractivity contribution < 1.29 is 23.4 Å². The Morgan fingerprint density at radius 2 is 1.92 bits per heavy atom. The molecule has 2 N–H and O–H groups in total. The summed E-state index contributed by atoms with van der Waals surface area (Å²) in [5.74, 6) is 0.981. The van der Waals surface area contributed by atoms with Crippen LogP contribution in [0.3, 0.4) is 0 Å². The number of aldehydes is 1. The van der Waals surface area contributed by atoms with Gasteiger partial charge in [-0.15, -0.1) is 0 Å². The number of carbonyl (C=O) groups is 1. The third-order valence-electron chi connectivity index (χ3n) is 9.52. The summed E-state index contributed by atoms with van der Waals surface area (Å²) in [5, 5.41) is 2.91. The minimum Gasteiger partial charge on any atom is -0.452 e. The van der Waals surface area contributed by atoms with Gasteiger partial charge in [-0.1, -0.05) is 18.2 Å². The highest BCUT2D eigenvalue weighted by atomic mass is 19.1. The lowest BCUT2D eigenvalue weighted by molar-refractivity contribution is -0.102. The monoisotopic (exact) mass is 671 g/mol. The SMILES string of the molecule is CNc1ccc(Oc2ccnc3nc(CN(C)C4COCC5(CCOCC5)C4)[nH]c23)c(F)c1.Cc1c(C=O)c(=O)n(-c2ccccc2)n1C. The summed E-state index contributed by atoms with van der Waals surface area (Å²) in [4.78, 5) is 37.4. The van der Waals surface area contributed by atoms with Gasteiger partial charge in [-0.3, -0.25) is 19.2 Å². The van der Waals surface area contributed by atoms with Crippen molar-refractivity contribution in [2.24, 2.45) is 12.5 Å². The first-order valence-electron chi connectivity index (χ1n) is 16.4. The zero-order valence-electron chi connectivity index (χ0n) is 28.2. The number of nitrogens with zero attached hydrogens (tertiary/aromatic N) is 5. The van der Waals surface area contributed by atoms with E-state index < -0.39 is 5.82 Å². The Kier molecular flexibility index (Phi) is 10.2. The van der Waals surface area contributed by atoms with Gasteiger partial charge in [0.2, 0.25) is 0 Å². The fourth-order valence-corrected chi connectivity index (χ4v) is 6.51. The zero-order chi connectivity index (χ0) is 34.5. The van der Waals surface area contributed by atoms with E-state index in [2.05, 4.69) is 32.2 Å². The molecular formula is C36H42FN7O5. The number of aromatic nitrogens is 5. The van der Waals surface area contributed by atoms with E-state index in [4.69, 9.17) is 14.2 Å². The maximum Gasteiger partial charge on any atom is 0.282 e. The van der Waals surface area contributed by atoms with Crippen molar-refractivity contribution in [3.63, 3.8) is 0 Å². The Balaban J connectivity index is 0.000000218. The van der Waals surface area contributed by atoms with Crippen LogP contribution in [0.15, 0.2) is 65.6 Å². The molecule has 0 aliphatic carbocycles. The van der Waals surface area contributed by atoms with Gasteiger partial charge in [-0.05, 0) is 62.9 Å². The van der Waals surface area contributed by atoms with E-state index in [0.29, 0.717) is 53.8 Å². The van der Waals surface area contributed by atoms with Crippen molar-refractivity contribution in [1.29, 1.82) is 0 Å². The number of ether oxygens (including phenoxy) is 3. The topological polar surface area (TPSA) is 129 Å². The van der Waals surface area contributed by atoms with Gasteiger partial charge in [0.25, 0.3) is 5.56 Å². The molecule has 2 saturated heterocycles. The first-order chi connectivity index (χ1) is 23.7. The average Bonchev–Trinajstić information content (AvgIpc) is 3.63. The Morgan fingerprint density at radius 1 is 1.14 bits per heavy atom. The molecule has 7 rings (SSSR count). The molecule has 49 heavy (non-hydrogen) atoms. The summed E-state index contributed by atoms with van der Waals surface area (Å²) < 4.78 is 35.0. The van der Waals surface area contributed by atoms with E-state index in [-0.39, 0.29) is 22.3 Å². The maximum absolute atomic E-state index is 14.4. The predicted molar refractivity (Wildman–Crippen MR) is 184 cm³/mol. The number of aromatic amines is 1. The number of fused-ring (bicyclic) bond motifs is 1. The van der Waals surface area contributed by atoms with Crippen LogP contribution in [0.5, 0.6) is 11.5 Å². The minimum atomic E-state index is -0.439. The number of pyridine rings is 1. The molecule has 0 saturated carbocycles. The fraction of sp³-hybridized carbons (Fsp3) is 0.389. The molecule has 12 nitrogen and oxygen atoms in total. The number of rotatable bonds is 8. The fourth-order valence-electron chi connectivity index (χ4n) is 6.51. The summed E-state index contributed by atoms with van der Waals surface area (Å²) >= 11 is 0. The second-order valence-electron chi connectivity index (χ2n) is 12.7. The molecule has 5 aromatic rings. The summed E-state index contributed by atoms with van der Waals surface area (Å²) in [7, 11) is 5.60. The molecule has 0 amide bonds. The molecule has 2 aliphatic heterocycles. The molecule has 1 spiro atoms. The van der Waals surface area contributed by atoms with E-state index in [0.717, 1.165) is 50.6 Å². The summed E-state index contributed by atoms with van der Waals surface area (Å²) in [6, 6.07) is 16.0. The highest BCUT2D eigenvalue weighted by molar-refractivity contribution is 5.78. The van der Waals surface area contributed by atoms with Crippen LogP contribution >= 0.6 is 0 Å². The standard InChI is InChI=1S/C24H30FN5O3.C12H12N2O2/c1-26-16-3-4-19(18(25)11-16)33-20-5-8-27-23-22(20)28-21(29-23)13-30(2)17-12-24(15-32-14-17)6-9-31-10-7-24;1-9-11(8-15)12(16)14(13(9)2)10-6-4-3-5-7-10/h3-5,8,11,17,26H,6-7,9-10,12-15H2,1-2H3,(H,27,28,29);3-8H,1-2H3. The van der Waals surface area contributed by atoms with Crippen molar-refractivity contribution in [2.45, 2.75) is 38.8 Å². The maximum atomic E-state index is 14.4. The van der Waals surface area contributed by atoms with Crippen LogP contribution in [-0.4, -0.2) is 82.1 Å². The van der Waals surface area contributed by atoms with Crippen molar-refractivity contribution >= 4 is 23.1 Å². The molecule has 3 aromatic heterocycles. The number of likely N-dealkylation sites (N-methyl/N-ethyl adjacent to an activating group) is 1. The normalized spacial score (nSPS) is 17.1.